The largest absolute Gasteiger partial charge is 0.381 e. The molecule has 0 spiro atoms. The molecule has 0 amide bonds. The van der Waals surface area contributed by atoms with E-state index in [9.17, 15) is 13.9 Å². The molecule has 0 saturated carbocycles. The normalized spacial score (nSPS) is 19.4. The van der Waals surface area contributed by atoms with E-state index in [0.717, 1.165) is 30.7 Å². The van der Waals surface area contributed by atoms with Crippen LogP contribution >= 0.6 is 0 Å². The van der Waals surface area contributed by atoms with Gasteiger partial charge in [0.05, 0.1) is 6.54 Å². The first kappa shape index (κ1) is 16.7. The van der Waals surface area contributed by atoms with Crippen LogP contribution in [0.2, 0.25) is 0 Å². The van der Waals surface area contributed by atoms with Crippen LogP contribution in [0.25, 0.3) is 0 Å². The molecule has 7 heteroatoms. The highest BCUT2D eigenvalue weighted by Gasteiger charge is 2.42. The molecular weight excluding hydrogens is 314 g/mol. The minimum absolute atomic E-state index is 0.0136. The molecule has 1 aromatic carbocycles. The lowest BCUT2D eigenvalue weighted by Crippen LogP contribution is -2.51. The fourth-order valence-electron chi connectivity index (χ4n) is 3.22. The molecule has 1 fully saturated rings. The summed E-state index contributed by atoms with van der Waals surface area (Å²) in [6, 6.07) is 2.82. The molecule has 1 aliphatic heterocycles. The van der Waals surface area contributed by atoms with Gasteiger partial charge in [-0.05, 0) is 19.4 Å². The third kappa shape index (κ3) is 3.09. The van der Waals surface area contributed by atoms with Crippen molar-refractivity contribution in [2.45, 2.75) is 31.5 Å². The van der Waals surface area contributed by atoms with Crippen molar-refractivity contribution in [3.8, 4) is 0 Å². The molecule has 24 heavy (non-hydrogen) atoms. The van der Waals surface area contributed by atoms with Crippen LogP contribution in [0.3, 0.4) is 0 Å². The Kier molecular flexibility index (Phi) is 4.47. The third-order valence-corrected chi connectivity index (χ3v) is 4.69. The van der Waals surface area contributed by atoms with Crippen molar-refractivity contribution in [1.29, 1.82) is 0 Å². The molecule has 1 saturated heterocycles. The van der Waals surface area contributed by atoms with Gasteiger partial charge in [0, 0.05) is 30.8 Å². The molecule has 2 atom stereocenters. The zero-order valence-corrected chi connectivity index (χ0v) is 13.5. The maximum atomic E-state index is 14.4. The summed E-state index contributed by atoms with van der Waals surface area (Å²) in [6.07, 6.45) is 3.65. The Labute approximate surface area is 139 Å². The van der Waals surface area contributed by atoms with Crippen LogP contribution in [-0.2, 0) is 12.1 Å². The van der Waals surface area contributed by atoms with Gasteiger partial charge < -0.3 is 5.11 Å². The van der Waals surface area contributed by atoms with Gasteiger partial charge in [-0.3, -0.25) is 4.90 Å². The van der Waals surface area contributed by atoms with Crippen molar-refractivity contribution >= 4 is 0 Å². The average molecular weight is 334 g/mol. The van der Waals surface area contributed by atoms with Crippen LogP contribution in [0, 0.1) is 11.6 Å². The lowest BCUT2D eigenvalue weighted by Gasteiger charge is -2.39. The van der Waals surface area contributed by atoms with Crippen molar-refractivity contribution in [2.75, 3.05) is 13.1 Å². The van der Waals surface area contributed by atoms with Crippen molar-refractivity contribution in [2.24, 2.45) is 0 Å². The van der Waals surface area contributed by atoms with Gasteiger partial charge in [-0.2, -0.15) is 5.10 Å². The Morgan fingerprint density at radius 2 is 2.21 bits per heavy atom. The molecule has 128 valence electrons. The van der Waals surface area contributed by atoms with Crippen molar-refractivity contribution in [1.82, 2.24) is 19.7 Å². The molecule has 2 heterocycles. The number of likely N-dealkylation sites (tertiary alicyclic amines) is 1. The highest BCUT2D eigenvalue weighted by Crippen LogP contribution is 2.34. The summed E-state index contributed by atoms with van der Waals surface area (Å²) >= 11 is 0. The van der Waals surface area contributed by atoms with Gasteiger partial charge in [0.15, 0.2) is 0 Å². The third-order valence-electron chi connectivity index (χ3n) is 4.69. The number of hydrogen-bond donors (Lipinski definition) is 1. The molecule has 3 rings (SSSR count). The smallest absolute Gasteiger partial charge is 0.137 e. The van der Waals surface area contributed by atoms with Crippen LogP contribution < -0.4 is 0 Å². The van der Waals surface area contributed by atoms with E-state index >= 15 is 0 Å². The number of rotatable bonds is 5. The first-order chi connectivity index (χ1) is 11.4. The Morgan fingerprint density at radius 1 is 1.42 bits per heavy atom. The number of hydrogen-bond acceptors (Lipinski definition) is 4. The minimum atomic E-state index is -1.59. The minimum Gasteiger partial charge on any atom is -0.381 e. The van der Waals surface area contributed by atoms with Gasteiger partial charge in [-0.25, -0.2) is 18.4 Å². The lowest BCUT2D eigenvalue weighted by molar-refractivity contribution is -0.0571. The summed E-state index contributed by atoms with van der Waals surface area (Å²) in [5, 5.41) is 15.4. The SMILES string of the molecule is C=C1CCN([C@@H](C)[C@@](O)(Cn2cncn2)c2ccc(F)cc2F)C1. The summed E-state index contributed by atoms with van der Waals surface area (Å²) in [5.41, 5.74) is -0.468. The summed E-state index contributed by atoms with van der Waals surface area (Å²) in [4.78, 5) is 5.91. The quantitative estimate of drug-likeness (QED) is 0.851. The Bertz CT molecular complexity index is 734. The van der Waals surface area contributed by atoms with Gasteiger partial charge in [-0.1, -0.05) is 18.2 Å². The molecule has 0 unspecified atom stereocenters. The van der Waals surface area contributed by atoms with E-state index in [4.69, 9.17) is 0 Å². The van der Waals surface area contributed by atoms with Crippen molar-refractivity contribution in [3.05, 3.63) is 60.2 Å². The first-order valence-corrected chi connectivity index (χ1v) is 7.81. The average Bonchev–Trinajstić information content (AvgIpc) is 3.17. The number of aromatic nitrogens is 3. The predicted molar refractivity (Wildman–Crippen MR) is 85.1 cm³/mol. The van der Waals surface area contributed by atoms with Crippen LogP contribution in [0.15, 0.2) is 43.0 Å². The second kappa shape index (κ2) is 6.41. The topological polar surface area (TPSA) is 54.2 Å². The zero-order chi connectivity index (χ0) is 17.3. The van der Waals surface area contributed by atoms with Crippen molar-refractivity contribution in [3.63, 3.8) is 0 Å². The first-order valence-electron chi connectivity index (χ1n) is 7.81. The molecule has 5 nitrogen and oxygen atoms in total. The van der Waals surface area contributed by atoms with E-state index in [1.54, 1.807) is 0 Å². The summed E-state index contributed by atoms with van der Waals surface area (Å²) < 4.78 is 29.2. The second-order valence-electron chi connectivity index (χ2n) is 6.29. The Hall–Kier alpha value is -2.12. The molecule has 0 bridgehead atoms. The fraction of sp³-hybridized carbons (Fsp3) is 0.412. The number of nitrogens with zero attached hydrogens (tertiary/aromatic N) is 4. The maximum absolute atomic E-state index is 14.4. The molecule has 2 aromatic rings. The lowest BCUT2D eigenvalue weighted by atomic mass is 9.85. The molecule has 0 aliphatic carbocycles. The molecule has 0 radical (unpaired) electrons. The van der Waals surface area contributed by atoms with E-state index in [2.05, 4.69) is 16.7 Å². The number of halogens is 2. The van der Waals surface area contributed by atoms with E-state index < -0.39 is 23.3 Å². The zero-order valence-electron chi connectivity index (χ0n) is 13.5. The van der Waals surface area contributed by atoms with Crippen molar-refractivity contribution < 1.29 is 13.9 Å². The van der Waals surface area contributed by atoms with Gasteiger partial charge in [-0.15, -0.1) is 0 Å². The summed E-state index contributed by atoms with van der Waals surface area (Å²) in [7, 11) is 0. The summed E-state index contributed by atoms with van der Waals surface area (Å²) in [5.74, 6) is -1.45. The molecular formula is C17H20F2N4O. The van der Waals surface area contributed by atoms with Gasteiger partial charge in [0.2, 0.25) is 0 Å². The Morgan fingerprint density at radius 3 is 2.79 bits per heavy atom. The number of aliphatic hydroxyl groups is 1. The van der Waals surface area contributed by atoms with E-state index in [1.165, 1.54) is 23.4 Å². The fourth-order valence-corrected chi connectivity index (χ4v) is 3.22. The highest BCUT2D eigenvalue weighted by molar-refractivity contribution is 5.27. The van der Waals surface area contributed by atoms with E-state index in [-0.39, 0.29) is 12.1 Å². The molecule has 1 aliphatic rings. The number of benzene rings is 1. The summed E-state index contributed by atoms with van der Waals surface area (Å²) in [6.45, 7) is 7.20. The van der Waals surface area contributed by atoms with Gasteiger partial charge >= 0.3 is 0 Å². The molecule has 1 aromatic heterocycles. The second-order valence-corrected chi connectivity index (χ2v) is 6.29. The maximum Gasteiger partial charge on any atom is 0.137 e. The predicted octanol–water partition coefficient (Wildman–Crippen LogP) is 2.09. The van der Waals surface area contributed by atoms with Gasteiger partial charge in [0.25, 0.3) is 0 Å². The monoisotopic (exact) mass is 334 g/mol. The molecule has 1 N–H and O–H groups in total. The van der Waals surface area contributed by atoms with Crippen LogP contribution in [-0.4, -0.2) is 43.9 Å². The van der Waals surface area contributed by atoms with Crippen LogP contribution in [0.5, 0.6) is 0 Å². The van der Waals surface area contributed by atoms with Crippen LogP contribution in [0.4, 0.5) is 8.78 Å². The van der Waals surface area contributed by atoms with E-state index in [0.29, 0.717) is 6.54 Å². The standard InChI is InChI=1S/C17H20F2N4O/c1-12-5-6-22(8-12)13(2)17(24,9-23-11-20-10-21-23)15-4-3-14(18)7-16(15)19/h3-4,7,10-11,13,24H,1,5-6,8-9H2,2H3/t13-,17-/m0/s1. The highest BCUT2D eigenvalue weighted by atomic mass is 19.1. The van der Waals surface area contributed by atoms with E-state index in [1.807, 2.05) is 11.8 Å². The van der Waals surface area contributed by atoms with Gasteiger partial charge in [0.1, 0.15) is 29.9 Å². The Balaban J connectivity index is 2.01. The van der Waals surface area contributed by atoms with Crippen LogP contribution in [0.1, 0.15) is 18.9 Å².